The number of rotatable bonds is 10. The topological polar surface area (TPSA) is 69.8 Å². The number of aromatic nitrogens is 1. The second kappa shape index (κ2) is 12.3. The Labute approximate surface area is 196 Å². The maximum atomic E-state index is 12.9. The number of H-pyrrole nitrogens is 1. The summed E-state index contributed by atoms with van der Waals surface area (Å²) in [6, 6.07) is 6.22. The molecule has 1 aliphatic heterocycles. The molecule has 2 heterocycles. The van der Waals surface area contributed by atoms with Crippen molar-refractivity contribution in [3.8, 4) is 0 Å². The molecule has 0 spiro atoms. The number of methoxy groups -OCH3 is 1. The van der Waals surface area contributed by atoms with E-state index in [4.69, 9.17) is 21.7 Å². The second-order valence-corrected chi connectivity index (χ2v) is 8.86. The molecule has 0 aliphatic carbocycles. The molecule has 0 unspecified atom stereocenters. The number of thiocarbonyl (C=S) groups is 1. The molecule has 2 N–H and O–H groups in total. The van der Waals surface area contributed by atoms with Gasteiger partial charge in [-0.05, 0) is 62.0 Å². The van der Waals surface area contributed by atoms with E-state index in [1.165, 1.54) is 5.56 Å². The van der Waals surface area contributed by atoms with E-state index in [9.17, 15) is 4.79 Å². The molecular formula is C24H36N4O3S. The molecule has 1 aromatic heterocycles. The minimum Gasteiger partial charge on any atom is -0.385 e. The van der Waals surface area contributed by atoms with Crippen molar-refractivity contribution in [1.82, 2.24) is 20.1 Å². The fourth-order valence-electron chi connectivity index (χ4n) is 4.14. The average molecular weight is 461 g/mol. The molecule has 0 amide bonds. The molecule has 7 nitrogen and oxygen atoms in total. The van der Waals surface area contributed by atoms with E-state index in [1.54, 1.807) is 7.11 Å². The highest BCUT2D eigenvalue weighted by Crippen LogP contribution is 2.18. The Balaban J connectivity index is 1.72. The summed E-state index contributed by atoms with van der Waals surface area (Å²) in [5.41, 5.74) is 3.86. The Kier molecular flexibility index (Phi) is 9.47. The lowest BCUT2D eigenvalue weighted by atomic mass is 10.1. The summed E-state index contributed by atoms with van der Waals surface area (Å²) in [5.74, 6) is 0. The van der Waals surface area contributed by atoms with E-state index in [1.807, 2.05) is 13.0 Å². The van der Waals surface area contributed by atoms with Crippen LogP contribution in [0.3, 0.4) is 0 Å². The normalized spacial score (nSPS) is 14.6. The van der Waals surface area contributed by atoms with Gasteiger partial charge in [-0.25, -0.2) is 0 Å². The van der Waals surface area contributed by atoms with Gasteiger partial charge in [0.05, 0.1) is 25.3 Å². The zero-order valence-corrected chi connectivity index (χ0v) is 20.4. The van der Waals surface area contributed by atoms with Gasteiger partial charge >= 0.3 is 0 Å². The highest BCUT2D eigenvalue weighted by molar-refractivity contribution is 7.80. The number of fused-ring (bicyclic) bond motifs is 1. The fourth-order valence-corrected chi connectivity index (χ4v) is 4.40. The van der Waals surface area contributed by atoms with Crippen LogP contribution in [0.4, 0.5) is 0 Å². The van der Waals surface area contributed by atoms with Crippen molar-refractivity contribution in [2.45, 2.75) is 33.2 Å². The SMILES string of the molecule is COCCCNC(=S)N(CCCN1CCOCC1)Cc1cc2cc(C)cc(C)c2[nH]c1=O. The lowest BCUT2D eigenvalue weighted by molar-refractivity contribution is 0.0367. The van der Waals surface area contributed by atoms with E-state index in [-0.39, 0.29) is 5.56 Å². The van der Waals surface area contributed by atoms with Crippen molar-refractivity contribution in [2.24, 2.45) is 0 Å². The van der Waals surface area contributed by atoms with E-state index >= 15 is 0 Å². The summed E-state index contributed by atoms with van der Waals surface area (Å²) >= 11 is 5.70. The number of nitrogens with zero attached hydrogens (tertiary/aromatic N) is 2. The maximum absolute atomic E-state index is 12.9. The van der Waals surface area contributed by atoms with Crippen LogP contribution >= 0.6 is 12.2 Å². The average Bonchev–Trinajstić information content (AvgIpc) is 2.77. The van der Waals surface area contributed by atoms with Crippen molar-refractivity contribution >= 4 is 28.2 Å². The maximum Gasteiger partial charge on any atom is 0.253 e. The fraction of sp³-hybridized carbons (Fsp3) is 0.583. The Morgan fingerprint density at radius 2 is 2.03 bits per heavy atom. The van der Waals surface area contributed by atoms with Crippen LogP contribution in [-0.2, 0) is 16.0 Å². The molecule has 0 bridgehead atoms. The first-order valence-corrected chi connectivity index (χ1v) is 11.8. The van der Waals surface area contributed by atoms with E-state index in [2.05, 4.69) is 39.2 Å². The van der Waals surface area contributed by atoms with Crippen molar-refractivity contribution in [1.29, 1.82) is 0 Å². The standard InChI is InChI=1S/C24H36N4O3S/c1-18-14-19(2)22-20(15-18)16-21(23(29)26-22)17-28(24(32)25-6-4-11-30-3)8-5-7-27-9-12-31-13-10-27/h14-16H,4-13,17H2,1-3H3,(H,25,32)(H,26,29). The first-order chi connectivity index (χ1) is 15.5. The molecule has 3 rings (SSSR count). The van der Waals surface area contributed by atoms with Gasteiger partial charge in [0.15, 0.2) is 5.11 Å². The summed E-state index contributed by atoms with van der Waals surface area (Å²) in [6.45, 7) is 11.4. The number of hydrogen-bond donors (Lipinski definition) is 2. The number of ether oxygens (including phenoxy) is 2. The molecule has 1 aromatic carbocycles. The third-order valence-corrected chi connectivity index (χ3v) is 6.23. The highest BCUT2D eigenvalue weighted by atomic mass is 32.1. The third kappa shape index (κ3) is 7.00. The van der Waals surface area contributed by atoms with Crippen LogP contribution < -0.4 is 10.9 Å². The Hall–Kier alpha value is -2.00. The third-order valence-electron chi connectivity index (χ3n) is 5.83. The Morgan fingerprint density at radius 1 is 1.25 bits per heavy atom. The van der Waals surface area contributed by atoms with E-state index in [0.29, 0.717) is 18.3 Å². The molecule has 0 radical (unpaired) electrons. The molecule has 1 aliphatic rings. The van der Waals surface area contributed by atoms with Crippen LogP contribution in [0.2, 0.25) is 0 Å². The molecule has 8 heteroatoms. The first kappa shape index (κ1) is 24.6. The van der Waals surface area contributed by atoms with Gasteiger partial charge in [-0.3, -0.25) is 9.69 Å². The molecule has 2 aromatic rings. The zero-order valence-electron chi connectivity index (χ0n) is 19.5. The smallest absolute Gasteiger partial charge is 0.253 e. The molecule has 176 valence electrons. The van der Waals surface area contributed by atoms with Gasteiger partial charge in [0, 0.05) is 52.0 Å². The van der Waals surface area contributed by atoms with Gasteiger partial charge in [-0.1, -0.05) is 11.6 Å². The lowest BCUT2D eigenvalue weighted by Gasteiger charge is -2.29. The molecule has 32 heavy (non-hydrogen) atoms. The van der Waals surface area contributed by atoms with Crippen LogP contribution in [0.15, 0.2) is 23.0 Å². The summed E-state index contributed by atoms with van der Waals surface area (Å²) in [5, 5.41) is 5.08. The van der Waals surface area contributed by atoms with Gasteiger partial charge in [-0.2, -0.15) is 0 Å². The predicted molar refractivity (Wildman–Crippen MR) is 133 cm³/mol. The largest absolute Gasteiger partial charge is 0.385 e. The Morgan fingerprint density at radius 3 is 2.78 bits per heavy atom. The molecule has 1 saturated heterocycles. The van der Waals surface area contributed by atoms with Crippen molar-refractivity contribution in [3.05, 3.63) is 45.2 Å². The number of hydrogen-bond acceptors (Lipinski definition) is 5. The molecule has 0 atom stereocenters. The van der Waals surface area contributed by atoms with Gasteiger partial charge in [0.25, 0.3) is 5.56 Å². The van der Waals surface area contributed by atoms with E-state index < -0.39 is 0 Å². The summed E-state index contributed by atoms with van der Waals surface area (Å²) in [4.78, 5) is 20.5. The lowest BCUT2D eigenvalue weighted by Crippen LogP contribution is -2.43. The van der Waals surface area contributed by atoms with Crippen LogP contribution in [0.1, 0.15) is 29.5 Å². The zero-order chi connectivity index (χ0) is 22.9. The quantitative estimate of drug-likeness (QED) is 0.417. The first-order valence-electron chi connectivity index (χ1n) is 11.4. The number of nitrogens with one attached hydrogen (secondary N) is 2. The van der Waals surface area contributed by atoms with Crippen LogP contribution in [0, 0.1) is 13.8 Å². The number of aromatic amines is 1. The minimum atomic E-state index is -0.0511. The number of morpholine rings is 1. The van der Waals surface area contributed by atoms with Crippen LogP contribution in [-0.4, -0.2) is 79.6 Å². The predicted octanol–water partition coefficient (Wildman–Crippen LogP) is 2.58. The van der Waals surface area contributed by atoms with Gasteiger partial charge < -0.3 is 24.7 Å². The van der Waals surface area contributed by atoms with Crippen LogP contribution in [0.5, 0.6) is 0 Å². The molecule has 1 fully saturated rings. The summed E-state index contributed by atoms with van der Waals surface area (Å²) < 4.78 is 10.6. The highest BCUT2D eigenvalue weighted by Gasteiger charge is 2.15. The number of pyridine rings is 1. The second-order valence-electron chi connectivity index (χ2n) is 8.48. The van der Waals surface area contributed by atoms with Gasteiger partial charge in [-0.15, -0.1) is 0 Å². The molecular weight excluding hydrogens is 424 g/mol. The van der Waals surface area contributed by atoms with Crippen molar-refractivity contribution in [2.75, 3.05) is 59.7 Å². The van der Waals surface area contributed by atoms with Crippen molar-refractivity contribution < 1.29 is 9.47 Å². The van der Waals surface area contributed by atoms with Gasteiger partial charge in [0.2, 0.25) is 0 Å². The number of aryl methyl sites for hydroxylation is 2. The van der Waals surface area contributed by atoms with Crippen molar-refractivity contribution in [3.63, 3.8) is 0 Å². The minimum absolute atomic E-state index is 0.0511. The Bertz CT molecular complexity index is 956. The number of benzene rings is 1. The summed E-state index contributed by atoms with van der Waals surface area (Å²) in [6.07, 6.45) is 1.86. The summed E-state index contributed by atoms with van der Waals surface area (Å²) in [7, 11) is 1.70. The van der Waals surface area contributed by atoms with E-state index in [0.717, 1.165) is 80.8 Å². The molecule has 0 saturated carbocycles. The van der Waals surface area contributed by atoms with Gasteiger partial charge in [0.1, 0.15) is 0 Å². The van der Waals surface area contributed by atoms with Crippen LogP contribution in [0.25, 0.3) is 10.9 Å². The monoisotopic (exact) mass is 460 g/mol.